The summed E-state index contributed by atoms with van der Waals surface area (Å²) in [6.07, 6.45) is 47.2. The first-order chi connectivity index (χ1) is 67.1. The zero-order valence-corrected chi connectivity index (χ0v) is 83.3. The number of aromatic nitrogens is 22. The van der Waals surface area contributed by atoms with Crippen molar-refractivity contribution in [2.45, 2.75) is 21.7 Å². The molecule has 16 aromatic heterocycles. The second-order valence-corrected chi connectivity index (χ2v) is 33.3. The number of benzene rings is 4. The Hall–Kier alpha value is -15.5. The predicted molar refractivity (Wildman–Crippen MR) is 509 cm³/mol. The van der Waals surface area contributed by atoms with E-state index in [0.29, 0.717) is 0 Å². The van der Waals surface area contributed by atoms with Gasteiger partial charge in [-0.25, -0.2) is 29.9 Å². The number of hydrogen-bond donors (Lipinski definition) is 0. The maximum absolute atomic E-state index is 4.63. The molecule has 20 aromatic rings. The van der Waals surface area contributed by atoms with Gasteiger partial charge in [-0.1, -0.05) is 24.3 Å². The van der Waals surface area contributed by atoms with E-state index in [-0.39, 0.29) is 84.3 Å². The van der Waals surface area contributed by atoms with Crippen molar-refractivity contribution in [1.29, 1.82) is 0 Å². The molecule has 0 atom stereocenters. The number of nitrogens with zero attached hydrogens (tertiary/aromatic N) is 30. The van der Waals surface area contributed by atoms with Gasteiger partial charge in [0.1, 0.15) is 34.9 Å². The van der Waals surface area contributed by atoms with Crippen LogP contribution in [0.5, 0.6) is 0 Å². The smallest absolute Gasteiger partial charge is 0.143 e. The van der Waals surface area contributed by atoms with Gasteiger partial charge in [-0.2, -0.15) is 135 Å². The van der Waals surface area contributed by atoms with Gasteiger partial charge in [0.25, 0.3) is 0 Å². The summed E-state index contributed by atoms with van der Waals surface area (Å²) in [4.78, 5) is 78.8. The number of fused-ring (bicyclic) bond motifs is 16. The molecule has 696 valence electrons. The van der Waals surface area contributed by atoms with Gasteiger partial charge in [0.05, 0.1) is 21.7 Å². The molecule has 140 heavy (non-hydrogen) atoms. The van der Waals surface area contributed by atoms with Gasteiger partial charge in [-0.05, 0) is 145 Å². The zero-order valence-electron chi connectivity index (χ0n) is 74.2. The first-order valence-corrected chi connectivity index (χ1v) is 43.6. The van der Waals surface area contributed by atoms with Crippen molar-refractivity contribution in [1.82, 2.24) is 111 Å². The second kappa shape index (κ2) is 36.8. The van der Waals surface area contributed by atoms with Crippen molar-refractivity contribution >= 4 is 69.0 Å². The molecule has 0 saturated heterocycles. The molecule has 0 N–H and O–H groups in total. The Balaban J connectivity index is 0.000000110. The van der Waals surface area contributed by atoms with Crippen LogP contribution >= 0.6 is 0 Å². The molecule has 20 heterocycles. The van der Waals surface area contributed by atoms with Crippen LogP contribution in [0.4, 0.5) is 69.0 Å². The van der Waals surface area contributed by atoms with Crippen LogP contribution in [0.2, 0.25) is 0 Å². The Morgan fingerprint density at radius 1 is 0.229 bits per heavy atom. The molecule has 4 aliphatic heterocycles. The van der Waals surface area contributed by atoms with Crippen molar-refractivity contribution in [3.63, 3.8) is 0 Å². The fourth-order valence-corrected chi connectivity index (χ4v) is 20.9. The van der Waals surface area contributed by atoms with Gasteiger partial charge in [0.2, 0.25) is 0 Å². The van der Waals surface area contributed by atoms with Gasteiger partial charge in [0, 0.05) is 299 Å². The molecular formula is C106H70N30Pt4-12. The molecule has 8 aliphatic rings. The molecule has 0 spiro atoms. The summed E-state index contributed by atoms with van der Waals surface area (Å²) in [5.41, 5.74) is 27.2. The summed E-state index contributed by atoms with van der Waals surface area (Å²) in [5, 5.41) is 35.0. The Morgan fingerprint density at radius 3 is 0.686 bits per heavy atom. The summed E-state index contributed by atoms with van der Waals surface area (Å²) >= 11 is 0. The molecular weight excluding hydrogens is 2470 g/mol. The zero-order chi connectivity index (χ0) is 90.8. The van der Waals surface area contributed by atoms with E-state index in [1.807, 2.05) is 247 Å². The van der Waals surface area contributed by atoms with Gasteiger partial charge >= 0.3 is 0 Å². The molecule has 0 unspecified atom stereocenters. The van der Waals surface area contributed by atoms with E-state index in [9.17, 15) is 0 Å². The van der Waals surface area contributed by atoms with E-state index in [0.717, 1.165) is 203 Å². The molecule has 0 fully saturated rings. The molecule has 0 amide bonds. The quantitative estimate of drug-likeness (QED) is 0.103. The Bertz CT molecular complexity index is 6880. The van der Waals surface area contributed by atoms with Crippen LogP contribution in [0, 0.1) is 50.9 Å². The normalized spacial score (nSPS) is 14.8. The van der Waals surface area contributed by atoms with Gasteiger partial charge in [0.15, 0.2) is 0 Å². The van der Waals surface area contributed by atoms with Gasteiger partial charge in [-0.15, -0.1) is 58.3 Å². The fourth-order valence-electron chi connectivity index (χ4n) is 20.9. The van der Waals surface area contributed by atoms with E-state index in [1.54, 1.807) is 49.6 Å². The molecule has 34 heteroatoms. The summed E-state index contributed by atoms with van der Waals surface area (Å²) in [7, 11) is 7.97. The first-order valence-electron chi connectivity index (χ1n) is 43.6. The SMILES string of the molecule is CN1[CH-]N(c2[c-]c(C3(c4cc[n-]n4)c4ccncc4-c4cnccc43)ccc2)c2ncccc21.CN1[CH-]N(c2[c-]c(C3(c4cc[n-]n4)c4ccncc4-c4cnccc43)ccc2)c2ncccc21.CN1[CH-]N(c2[c-]c(C3(c4cc[n-]n4)c4ccncc4-c4cnccc43)ccc2)c2nccnc21.CN1[CH-]N(c2[c-]c(C3(c4cc[n-]n4)c4ccncc4-c4cnccc43)ccc2)c2nccnc21.[Pt].[Pt].[Pt].[Pt]. The molecule has 4 aromatic carbocycles. The van der Waals surface area contributed by atoms with Gasteiger partial charge < -0.3 is 80.0 Å². The van der Waals surface area contributed by atoms with Crippen molar-refractivity contribution in [2.24, 2.45) is 0 Å². The summed E-state index contributed by atoms with van der Waals surface area (Å²) in [6, 6.07) is 72.0. The molecule has 28 rings (SSSR count). The third kappa shape index (κ3) is 13.9. The first kappa shape index (κ1) is 91.0. The Labute approximate surface area is 861 Å². The summed E-state index contributed by atoms with van der Waals surface area (Å²) < 4.78 is 0. The average molecular weight is 2540 g/mol. The van der Waals surface area contributed by atoms with Crippen molar-refractivity contribution < 1.29 is 84.3 Å². The van der Waals surface area contributed by atoms with E-state index in [2.05, 4.69) is 264 Å². The van der Waals surface area contributed by atoms with Crippen LogP contribution in [0.15, 0.2) is 331 Å². The number of anilines is 12. The Kier molecular flexibility index (Phi) is 23.9. The maximum Gasteiger partial charge on any atom is 0.143 e. The van der Waals surface area contributed by atoms with Crippen LogP contribution < -0.4 is 59.6 Å². The summed E-state index contributed by atoms with van der Waals surface area (Å²) in [5.74, 6) is 4.88. The van der Waals surface area contributed by atoms with Crippen molar-refractivity contribution in [3.8, 4) is 44.5 Å². The average Bonchev–Trinajstić information content (AvgIpc) is 1.55. The predicted octanol–water partition coefficient (Wildman–Crippen LogP) is 15.2. The van der Waals surface area contributed by atoms with Crippen molar-refractivity contribution in [3.05, 3.63) is 471 Å². The van der Waals surface area contributed by atoms with Crippen molar-refractivity contribution in [2.75, 3.05) is 67.4 Å². The third-order valence-corrected chi connectivity index (χ3v) is 26.5. The van der Waals surface area contributed by atoms with Crippen LogP contribution in [0.1, 0.15) is 89.5 Å². The third-order valence-electron chi connectivity index (χ3n) is 26.5. The number of hydrogen-bond acceptors (Lipinski definition) is 26. The molecule has 0 radical (unpaired) electrons. The van der Waals surface area contributed by atoms with E-state index < -0.39 is 21.7 Å². The standard InChI is InChI=1S/2C27H18N7.2C26H17N8.4Pt/c2*1-33-17-34(26-24(33)6-3-10-30-26)19-5-2-4-18(14-19)27(25-9-13-31-32-25)22-7-11-28-15-20(22)21-16-29-12-8-23(21)27;2*1-33-16-34(25-24(33)29-11-12-30-25)18-4-2-3-17(13-18)26(23-7-10-31-32-23)21-5-8-27-14-19(21)20-15-28-9-6-22(20)26;;;;/h2*2-13,15-17H,1H3;2*2-12,14-16H,1H3;;;;/q4*-3;;;;. The fraction of sp³-hybridized carbons (Fsp3) is 0.0755. The number of rotatable bonds is 12. The van der Waals surface area contributed by atoms with Crippen LogP contribution in [0.25, 0.3) is 44.5 Å². The van der Waals surface area contributed by atoms with E-state index in [1.165, 1.54) is 0 Å². The molecule has 0 bridgehead atoms. The minimum absolute atomic E-state index is 0. The topological polar surface area (TPSA) is 314 Å². The monoisotopic (exact) mass is 2540 g/mol. The Morgan fingerprint density at radius 2 is 0.450 bits per heavy atom. The maximum atomic E-state index is 4.63. The molecule has 0 saturated carbocycles. The van der Waals surface area contributed by atoms with Crippen LogP contribution in [0.3, 0.4) is 0 Å². The second-order valence-electron chi connectivity index (χ2n) is 33.3. The van der Waals surface area contributed by atoms with Crippen LogP contribution in [-0.4, -0.2) is 118 Å². The van der Waals surface area contributed by atoms with E-state index >= 15 is 0 Å². The van der Waals surface area contributed by atoms with Gasteiger partial charge in [-0.3, -0.25) is 39.9 Å². The number of pyridine rings is 10. The van der Waals surface area contributed by atoms with E-state index in [4.69, 9.17) is 0 Å². The minimum Gasteiger partial charge on any atom is -0.581 e. The summed E-state index contributed by atoms with van der Waals surface area (Å²) in [6.45, 7) is 8.01. The minimum atomic E-state index is -0.695. The van der Waals surface area contributed by atoms with Crippen LogP contribution in [-0.2, 0) is 106 Å². The molecule has 30 nitrogen and oxygen atoms in total. The largest absolute Gasteiger partial charge is 0.581 e. The molecule has 4 aliphatic carbocycles.